The topological polar surface area (TPSA) is 9.23 Å². The van der Waals surface area contributed by atoms with Gasteiger partial charge in [-0.15, -0.1) is 0 Å². The Kier molecular flexibility index (Phi) is 11.9. The molecule has 0 aliphatic rings. The molecule has 0 atom stereocenters. The first kappa shape index (κ1) is 20.5. The van der Waals surface area contributed by atoms with E-state index in [9.17, 15) is 0 Å². The van der Waals surface area contributed by atoms with Gasteiger partial charge in [-0.2, -0.15) is 0 Å². The molecule has 0 bridgehead atoms. The van der Waals surface area contributed by atoms with Crippen LogP contribution in [-0.4, -0.2) is 6.61 Å². The monoisotopic (exact) mass is 266 g/mol. The van der Waals surface area contributed by atoms with Gasteiger partial charge in [-0.05, 0) is 32.3 Å². The lowest BCUT2D eigenvalue weighted by Gasteiger charge is -2.27. The third-order valence-electron chi connectivity index (χ3n) is 2.49. The SMILES string of the molecule is CC.CC.Cc1cccc(C(C)(C)OCC(C)C)c1. The minimum absolute atomic E-state index is 0.184. The van der Waals surface area contributed by atoms with Crippen molar-refractivity contribution >= 4 is 0 Å². The smallest absolute Gasteiger partial charge is 0.0875 e. The standard InChI is InChI=1S/C14H22O.2C2H6/c1-11(2)10-15-14(4,5)13-8-6-7-12(3)9-13;2*1-2/h6-9,11H,10H2,1-5H3;2*1-2H3. The van der Waals surface area contributed by atoms with Crippen LogP contribution in [0, 0.1) is 12.8 Å². The summed E-state index contributed by atoms with van der Waals surface area (Å²) in [6, 6.07) is 8.53. The second-order valence-corrected chi connectivity index (χ2v) is 5.08. The summed E-state index contributed by atoms with van der Waals surface area (Å²) in [5, 5.41) is 0. The van der Waals surface area contributed by atoms with Crippen molar-refractivity contribution in [2.75, 3.05) is 6.61 Å². The summed E-state index contributed by atoms with van der Waals surface area (Å²) >= 11 is 0. The Bertz CT molecular complexity index is 313. The lowest BCUT2D eigenvalue weighted by atomic mass is 9.96. The fourth-order valence-corrected chi connectivity index (χ4v) is 1.48. The van der Waals surface area contributed by atoms with Crippen LogP contribution in [0.25, 0.3) is 0 Å². The molecule has 0 aliphatic heterocycles. The number of aryl methyl sites for hydroxylation is 1. The van der Waals surface area contributed by atoms with E-state index in [1.54, 1.807) is 0 Å². The van der Waals surface area contributed by atoms with E-state index >= 15 is 0 Å². The molecule has 0 fully saturated rings. The van der Waals surface area contributed by atoms with Gasteiger partial charge in [0.05, 0.1) is 12.2 Å². The zero-order valence-electron chi connectivity index (χ0n) is 14.5. The third kappa shape index (κ3) is 8.83. The number of rotatable bonds is 4. The molecule has 1 nitrogen and oxygen atoms in total. The number of benzene rings is 1. The van der Waals surface area contributed by atoms with E-state index in [1.165, 1.54) is 11.1 Å². The molecule has 19 heavy (non-hydrogen) atoms. The first-order chi connectivity index (χ1) is 8.92. The average molecular weight is 266 g/mol. The Morgan fingerprint density at radius 3 is 2.00 bits per heavy atom. The zero-order chi connectivity index (χ0) is 15.5. The van der Waals surface area contributed by atoms with Crippen LogP contribution in [0.15, 0.2) is 24.3 Å². The van der Waals surface area contributed by atoms with E-state index in [0.717, 1.165) is 6.61 Å². The van der Waals surface area contributed by atoms with Crippen molar-refractivity contribution in [1.29, 1.82) is 0 Å². The minimum Gasteiger partial charge on any atom is -0.371 e. The van der Waals surface area contributed by atoms with Gasteiger partial charge in [0.2, 0.25) is 0 Å². The molecule has 1 rings (SSSR count). The fraction of sp³-hybridized carbons (Fsp3) is 0.667. The molecule has 0 aromatic heterocycles. The quantitative estimate of drug-likeness (QED) is 0.653. The second-order valence-electron chi connectivity index (χ2n) is 5.08. The van der Waals surface area contributed by atoms with Gasteiger partial charge in [0.15, 0.2) is 0 Å². The van der Waals surface area contributed by atoms with Crippen LogP contribution in [-0.2, 0) is 10.3 Å². The Labute approximate surface area is 121 Å². The molecular formula is C18H34O. The molecule has 112 valence electrons. The van der Waals surface area contributed by atoms with Crippen LogP contribution >= 0.6 is 0 Å². The molecule has 0 amide bonds. The van der Waals surface area contributed by atoms with Gasteiger partial charge in [0.1, 0.15) is 0 Å². The largest absolute Gasteiger partial charge is 0.371 e. The van der Waals surface area contributed by atoms with Crippen molar-refractivity contribution in [3.63, 3.8) is 0 Å². The highest BCUT2D eigenvalue weighted by molar-refractivity contribution is 5.26. The normalized spacial score (nSPS) is 10.2. The Hall–Kier alpha value is -0.820. The molecule has 0 unspecified atom stereocenters. The molecule has 0 radical (unpaired) electrons. The summed E-state index contributed by atoms with van der Waals surface area (Å²) in [6.45, 7) is 19.5. The van der Waals surface area contributed by atoms with Gasteiger partial charge in [0, 0.05) is 0 Å². The first-order valence-corrected chi connectivity index (χ1v) is 7.63. The average Bonchev–Trinajstić information content (AvgIpc) is 2.41. The fourth-order valence-electron chi connectivity index (χ4n) is 1.48. The van der Waals surface area contributed by atoms with Gasteiger partial charge < -0.3 is 4.74 Å². The molecule has 0 saturated heterocycles. The molecule has 0 saturated carbocycles. The molecule has 0 spiro atoms. The Morgan fingerprint density at radius 2 is 1.58 bits per heavy atom. The van der Waals surface area contributed by atoms with E-state index in [1.807, 2.05) is 27.7 Å². The lowest BCUT2D eigenvalue weighted by Crippen LogP contribution is -2.24. The highest BCUT2D eigenvalue weighted by atomic mass is 16.5. The van der Waals surface area contributed by atoms with Crippen molar-refractivity contribution in [3.8, 4) is 0 Å². The molecule has 1 heteroatoms. The van der Waals surface area contributed by atoms with Crippen molar-refractivity contribution in [1.82, 2.24) is 0 Å². The van der Waals surface area contributed by atoms with E-state index in [0.29, 0.717) is 5.92 Å². The number of hydrogen-bond donors (Lipinski definition) is 0. The van der Waals surface area contributed by atoms with Crippen LogP contribution in [0.4, 0.5) is 0 Å². The second kappa shape index (κ2) is 11.0. The van der Waals surface area contributed by atoms with E-state index in [2.05, 4.69) is 58.9 Å². The van der Waals surface area contributed by atoms with Gasteiger partial charge in [-0.25, -0.2) is 0 Å². The number of hydrogen-bond acceptors (Lipinski definition) is 1. The van der Waals surface area contributed by atoms with Crippen molar-refractivity contribution in [2.45, 2.75) is 67.9 Å². The van der Waals surface area contributed by atoms with Crippen molar-refractivity contribution in [2.24, 2.45) is 5.92 Å². The van der Waals surface area contributed by atoms with E-state index < -0.39 is 0 Å². The molecule has 0 N–H and O–H groups in total. The van der Waals surface area contributed by atoms with Crippen LogP contribution < -0.4 is 0 Å². The van der Waals surface area contributed by atoms with Gasteiger partial charge in [0.25, 0.3) is 0 Å². The molecule has 1 aromatic carbocycles. The third-order valence-corrected chi connectivity index (χ3v) is 2.49. The van der Waals surface area contributed by atoms with Gasteiger partial charge in [-0.3, -0.25) is 0 Å². The van der Waals surface area contributed by atoms with Crippen LogP contribution in [0.2, 0.25) is 0 Å². The summed E-state index contributed by atoms with van der Waals surface area (Å²) in [7, 11) is 0. The summed E-state index contributed by atoms with van der Waals surface area (Å²) in [5.74, 6) is 0.578. The number of ether oxygens (including phenoxy) is 1. The Balaban J connectivity index is 0. The minimum atomic E-state index is -0.184. The Morgan fingerprint density at radius 1 is 1.05 bits per heavy atom. The predicted octanol–water partition coefficient (Wildman–Crippen LogP) is 5.96. The van der Waals surface area contributed by atoms with Crippen LogP contribution in [0.5, 0.6) is 0 Å². The maximum atomic E-state index is 5.93. The molecule has 0 heterocycles. The highest BCUT2D eigenvalue weighted by Gasteiger charge is 2.21. The molecular weight excluding hydrogens is 232 g/mol. The van der Waals surface area contributed by atoms with Crippen LogP contribution in [0.1, 0.15) is 66.5 Å². The first-order valence-electron chi connectivity index (χ1n) is 7.63. The van der Waals surface area contributed by atoms with Gasteiger partial charge >= 0.3 is 0 Å². The van der Waals surface area contributed by atoms with Crippen LogP contribution in [0.3, 0.4) is 0 Å². The summed E-state index contributed by atoms with van der Waals surface area (Å²) < 4.78 is 5.93. The van der Waals surface area contributed by atoms with Gasteiger partial charge in [-0.1, -0.05) is 71.4 Å². The summed E-state index contributed by atoms with van der Waals surface area (Å²) in [5.41, 5.74) is 2.35. The maximum absolute atomic E-state index is 5.93. The molecule has 0 aliphatic carbocycles. The lowest BCUT2D eigenvalue weighted by molar-refractivity contribution is -0.0348. The predicted molar refractivity (Wildman–Crippen MR) is 87.7 cm³/mol. The maximum Gasteiger partial charge on any atom is 0.0875 e. The van der Waals surface area contributed by atoms with E-state index in [4.69, 9.17) is 4.74 Å². The highest BCUT2D eigenvalue weighted by Crippen LogP contribution is 2.25. The van der Waals surface area contributed by atoms with Crippen molar-refractivity contribution < 1.29 is 4.74 Å². The zero-order valence-corrected chi connectivity index (χ0v) is 14.5. The molecule has 1 aromatic rings. The summed E-state index contributed by atoms with van der Waals surface area (Å²) in [4.78, 5) is 0. The van der Waals surface area contributed by atoms with E-state index in [-0.39, 0.29) is 5.60 Å². The summed E-state index contributed by atoms with van der Waals surface area (Å²) in [6.07, 6.45) is 0. The van der Waals surface area contributed by atoms with Crippen molar-refractivity contribution in [3.05, 3.63) is 35.4 Å².